The van der Waals surface area contributed by atoms with E-state index >= 15 is 0 Å². The Balaban J connectivity index is 1.51. The molecule has 0 spiro atoms. The maximum Gasteiger partial charge on any atom is 0.322 e. The van der Waals surface area contributed by atoms with Gasteiger partial charge in [-0.1, -0.05) is 0 Å². The summed E-state index contributed by atoms with van der Waals surface area (Å²) in [5.41, 5.74) is 2.42. The van der Waals surface area contributed by atoms with Crippen LogP contribution in [-0.2, 0) is 18.4 Å². The van der Waals surface area contributed by atoms with Crippen LogP contribution in [0.4, 0.5) is 5.95 Å². The summed E-state index contributed by atoms with van der Waals surface area (Å²) >= 11 is 0. The molecular weight excluding hydrogens is 320 g/mol. The van der Waals surface area contributed by atoms with E-state index in [0.717, 1.165) is 5.56 Å². The van der Waals surface area contributed by atoms with Gasteiger partial charge in [0.15, 0.2) is 0 Å². The number of hydrogen-bond donors (Lipinski definition) is 1. The standard InChI is InChI=1S/C17H22N6O2/c1-21-15(12-3-4-12)13(9-20-21)10-22-7-8-23(11-14(22)16(24)25)17-18-5-2-6-19-17/h2,5-6,9,12,14H,3-4,7-8,10-11H2,1H3,(H,24,25)/t14-/m0/s1. The average molecular weight is 342 g/mol. The molecule has 1 aliphatic carbocycles. The molecule has 1 atom stereocenters. The van der Waals surface area contributed by atoms with Crippen molar-refractivity contribution in [1.82, 2.24) is 24.6 Å². The van der Waals surface area contributed by atoms with Crippen LogP contribution in [0.1, 0.15) is 30.0 Å². The first-order chi connectivity index (χ1) is 12.1. The number of hydrogen-bond acceptors (Lipinski definition) is 6. The van der Waals surface area contributed by atoms with Gasteiger partial charge >= 0.3 is 5.97 Å². The molecule has 25 heavy (non-hydrogen) atoms. The zero-order valence-electron chi connectivity index (χ0n) is 14.2. The highest BCUT2D eigenvalue weighted by atomic mass is 16.4. The van der Waals surface area contributed by atoms with Gasteiger partial charge in [0.2, 0.25) is 5.95 Å². The first-order valence-electron chi connectivity index (χ1n) is 8.63. The number of piperazine rings is 1. The number of nitrogens with zero attached hydrogens (tertiary/aromatic N) is 6. The fourth-order valence-electron chi connectivity index (χ4n) is 3.60. The van der Waals surface area contributed by atoms with Crippen molar-refractivity contribution in [2.75, 3.05) is 24.5 Å². The summed E-state index contributed by atoms with van der Waals surface area (Å²) in [5, 5.41) is 14.1. The van der Waals surface area contributed by atoms with E-state index in [2.05, 4.69) is 15.1 Å². The van der Waals surface area contributed by atoms with Crippen LogP contribution in [0.15, 0.2) is 24.7 Å². The normalized spacial score (nSPS) is 21.5. The lowest BCUT2D eigenvalue weighted by molar-refractivity contribution is -0.143. The first-order valence-corrected chi connectivity index (χ1v) is 8.63. The summed E-state index contributed by atoms with van der Waals surface area (Å²) in [4.78, 5) is 24.3. The van der Waals surface area contributed by atoms with E-state index in [0.29, 0.717) is 38.0 Å². The topological polar surface area (TPSA) is 87.4 Å². The molecule has 1 saturated heterocycles. The van der Waals surface area contributed by atoms with Crippen LogP contribution in [0.25, 0.3) is 0 Å². The van der Waals surface area contributed by atoms with Crippen molar-refractivity contribution < 1.29 is 9.90 Å². The van der Waals surface area contributed by atoms with E-state index in [1.54, 1.807) is 18.5 Å². The Hall–Kier alpha value is -2.48. The van der Waals surface area contributed by atoms with Crippen LogP contribution in [0.3, 0.4) is 0 Å². The van der Waals surface area contributed by atoms with Crippen LogP contribution in [-0.4, -0.2) is 61.4 Å². The fourth-order valence-corrected chi connectivity index (χ4v) is 3.60. The van der Waals surface area contributed by atoms with Gasteiger partial charge in [0.05, 0.1) is 6.20 Å². The molecule has 3 heterocycles. The second kappa shape index (κ2) is 6.44. The van der Waals surface area contributed by atoms with Crippen molar-refractivity contribution in [3.05, 3.63) is 35.9 Å². The van der Waals surface area contributed by atoms with Crippen molar-refractivity contribution >= 4 is 11.9 Å². The molecule has 132 valence electrons. The predicted molar refractivity (Wildman–Crippen MR) is 91.3 cm³/mol. The van der Waals surface area contributed by atoms with Gasteiger partial charge in [-0.05, 0) is 18.9 Å². The SMILES string of the molecule is Cn1ncc(CN2CCN(c3ncccn3)C[C@H]2C(=O)O)c1C1CC1. The third-order valence-electron chi connectivity index (χ3n) is 5.01. The predicted octanol–water partition coefficient (Wildman–Crippen LogP) is 0.863. The molecule has 0 unspecified atom stereocenters. The molecule has 2 aromatic heterocycles. The number of carbonyl (C=O) groups is 1. The van der Waals surface area contributed by atoms with Crippen LogP contribution >= 0.6 is 0 Å². The minimum absolute atomic E-state index is 0.387. The number of aliphatic carboxylic acids is 1. The van der Waals surface area contributed by atoms with E-state index in [1.165, 1.54) is 18.5 Å². The van der Waals surface area contributed by atoms with E-state index in [9.17, 15) is 9.90 Å². The smallest absolute Gasteiger partial charge is 0.322 e. The van der Waals surface area contributed by atoms with Gasteiger partial charge in [0.1, 0.15) is 6.04 Å². The Morgan fingerprint density at radius 3 is 2.72 bits per heavy atom. The van der Waals surface area contributed by atoms with Crippen molar-refractivity contribution in [3.8, 4) is 0 Å². The van der Waals surface area contributed by atoms with Crippen molar-refractivity contribution in [2.24, 2.45) is 7.05 Å². The third-order valence-corrected chi connectivity index (χ3v) is 5.01. The van der Waals surface area contributed by atoms with Gasteiger partial charge in [-0.25, -0.2) is 9.97 Å². The molecule has 8 nitrogen and oxygen atoms in total. The molecule has 2 fully saturated rings. The summed E-state index contributed by atoms with van der Waals surface area (Å²) in [6.07, 6.45) is 7.66. The quantitative estimate of drug-likeness (QED) is 0.862. The van der Waals surface area contributed by atoms with E-state index in [4.69, 9.17) is 0 Å². The van der Waals surface area contributed by atoms with Crippen LogP contribution < -0.4 is 4.90 Å². The average Bonchev–Trinajstić information content (AvgIpc) is 3.39. The van der Waals surface area contributed by atoms with E-state index in [-0.39, 0.29) is 0 Å². The lowest BCUT2D eigenvalue weighted by Crippen LogP contribution is -2.56. The van der Waals surface area contributed by atoms with E-state index < -0.39 is 12.0 Å². The van der Waals surface area contributed by atoms with Crippen molar-refractivity contribution in [3.63, 3.8) is 0 Å². The zero-order chi connectivity index (χ0) is 17.4. The van der Waals surface area contributed by atoms with Crippen molar-refractivity contribution in [1.29, 1.82) is 0 Å². The number of carboxylic acids is 1. The summed E-state index contributed by atoms with van der Waals surface area (Å²) in [6.45, 7) is 2.39. The summed E-state index contributed by atoms with van der Waals surface area (Å²) < 4.78 is 1.94. The number of aromatic nitrogens is 4. The van der Waals surface area contributed by atoms with Crippen LogP contribution in [0, 0.1) is 0 Å². The number of anilines is 1. The maximum absolute atomic E-state index is 11.8. The van der Waals surface area contributed by atoms with Crippen molar-refractivity contribution in [2.45, 2.75) is 31.3 Å². The molecule has 8 heteroatoms. The molecular formula is C17H22N6O2. The molecule has 1 aliphatic heterocycles. The van der Waals surface area contributed by atoms with E-state index in [1.807, 2.05) is 27.7 Å². The molecule has 2 aliphatic rings. The number of carboxylic acid groups (broad SMARTS) is 1. The summed E-state index contributed by atoms with van der Waals surface area (Å²) in [5.74, 6) is 0.371. The van der Waals surface area contributed by atoms with Gasteiger partial charge in [-0.2, -0.15) is 5.10 Å². The second-order valence-electron chi connectivity index (χ2n) is 6.77. The highest BCUT2D eigenvalue weighted by Crippen LogP contribution is 2.41. The highest BCUT2D eigenvalue weighted by Gasteiger charge is 2.35. The second-order valence-corrected chi connectivity index (χ2v) is 6.77. The molecule has 1 saturated carbocycles. The number of rotatable bonds is 5. The lowest BCUT2D eigenvalue weighted by atomic mass is 10.1. The molecule has 0 amide bonds. The lowest BCUT2D eigenvalue weighted by Gasteiger charge is -2.39. The summed E-state index contributed by atoms with van der Waals surface area (Å²) in [6, 6.07) is 1.18. The Morgan fingerprint density at radius 2 is 2.04 bits per heavy atom. The fraction of sp³-hybridized carbons (Fsp3) is 0.529. The Morgan fingerprint density at radius 1 is 1.28 bits per heavy atom. The molecule has 0 bridgehead atoms. The minimum Gasteiger partial charge on any atom is -0.480 e. The van der Waals surface area contributed by atoms with Gasteiger partial charge in [-0.15, -0.1) is 0 Å². The van der Waals surface area contributed by atoms with Gasteiger partial charge in [0, 0.05) is 62.8 Å². The third kappa shape index (κ3) is 3.21. The monoisotopic (exact) mass is 342 g/mol. The zero-order valence-corrected chi connectivity index (χ0v) is 14.2. The van der Waals surface area contributed by atoms with Gasteiger partial charge in [-0.3, -0.25) is 14.4 Å². The Labute approximate surface area is 146 Å². The van der Waals surface area contributed by atoms with Crippen LogP contribution in [0.5, 0.6) is 0 Å². The first kappa shape index (κ1) is 16.0. The number of aryl methyl sites for hydroxylation is 1. The largest absolute Gasteiger partial charge is 0.480 e. The molecule has 4 rings (SSSR count). The molecule has 0 radical (unpaired) electrons. The minimum atomic E-state index is -0.808. The molecule has 2 aromatic rings. The summed E-state index contributed by atoms with van der Waals surface area (Å²) in [7, 11) is 1.97. The molecule has 1 N–H and O–H groups in total. The van der Waals surface area contributed by atoms with Gasteiger partial charge in [0.25, 0.3) is 0 Å². The molecule has 0 aromatic carbocycles. The van der Waals surface area contributed by atoms with Crippen LogP contribution in [0.2, 0.25) is 0 Å². The Bertz CT molecular complexity index is 758. The Kier molecular flexibility index (Phi) is 4.12. The highest BCUT2D eigenvalue weighted by molar-refractivity contribution is 5.74. The van der Waals surface area contributed by atoms with Gasteiger partial charge < -0.3 is 10.0 Å². The maximum atomic E-state index is 11.8.